The molecule has 5 heteroatoms. The molecule has 1 aliphatic heterocycles. The second kappa shape index (κ2) is 6.41. The molecule has 3 heterocycles. The summed E-state index contributed by atoms with van der Waals surface area (Å²) in [5.41, 5.74) is 6.38. The zero-order chi connectivity index (χ0) is 18.4. The standard InChI is InChI=1S/C22H18ClN3O/c23-16-3-1-14(2-4-16)15-8-10-26(22(27)11-15)17-5-6-18-19-7-9-24-13-21(19)25-20(18)12-17/h1-6,8,10-12,24-25H,7,9,13H2. The van der Waals surface area contributed by atoms with Crippen LogP contribution in [0.25, 0.3) is 27.7 Å². The van der Waals surface area contributed by atoms with Crippen LogP contribution in [0.5, 0.6) is 0 Å². The Morgan fingerprint density at radius 1 is 0.963 bits per heavy atom. The molecule has 0 radical (unpaired) electrons. The monoisotopic (exact) mass is 375 g/mol. The van der Waals surface area contributed by atoms with E-state index in [-0.39, 0.29) is 5.56 Å². The van der Waals surface area contributed by atoms with Gasteiger partial charge in [0.05, 0.1) is 5.69 Å². The molecule has 2 N–H and O–H groups in total. The lowest BCUT2D eigenvalue weighted by molar-refractivity contribution is 0.637. The number of H-pyrrole nitrogens is 1. The lowest BCUT2D eigenvalue weighted by Crippen LogP contribution is -2.22. The van der Waals surface area contributed by atoms with Crippen molar-refractivity contribution in [3.8, 4) is 16.8 Å². The van der Waals surface area contributed by atoms with Crippen molar-refractivity contribution >= 4 is 22.5 Å². The second-order valence-corrected chi connectivity index (χ2v) is 7.31. The van der Waals surface area contributed by atoms with E-state index in [4.69, 9.17) is 11.6 Å². The average molecular weight is 376 g/mol. The minimum Gasteiger partial charge on any atom is -0.357 e. The van der Waals surface area contributed by atoms with Gasteiger partial charge in [0, 0.05) is 40.4 Å². The van der Waals surface area contributed by atoms with Gasteiger partial charge in [0.2, 0.25) is 0 Å². The lowest BCUT2D eigenvalue weighted by atomic mass is 10.0. The van der Waals surface area contributed by atoms with Crippen LogP contribution in [0.2, 0.25) is 5.02 Å². The number of aromatic amines is 1. The fourth-order valence-electron chi connectivity index (χ4n) is 3.83. The maximum absolute atomic E-state index is 12.7. The van der Waals surface area contributed by atoms with Crippen LogP contribution in [0.1, 0.15) is 11.3 Å². The Morgan fingerprint density at radius 3 is 2.63 bits per heavy atom. The van der Waals surface area contributed by atoms with Gasteiger partial charge >= 0.3 is 0 Å². The Labute approximate surface area is 161 Å². The molecule has 0 atom stereocenters. The Hall–Kier alpha value is -2.82. The molecule has 0 fully saturated rings. The van der Waals surface area contributed by atoms with Gasteiger partial charge in [-0.3, -0.25) is 9.36 Å². The predicted octanol–water partition coefficient (Wildman–Crippen LogP) is 4.28. The van der Waals surface area contributed by atoms with E-state index in [2.05, 4.69) is 22.4 Å². The van der Waals surface area contributed by atoms with Gasteiger partial charge in [-0.05, 0) is 60.0 Å². The number of hydrogen-bond acceptors (Lipinski definition) is 2. The second-order valence-electron chi connectivity index (χ2n) is 6.87. The van der Waals surface area contributed by atoms with Crippen LogP contribution in [0.15, 0.2) is 65.6 Å². The first-order valence-electron chi connectivity index (χ1n) is 9.02. The van der Waals surface area contributed by atoms with Crippen molar-refractivity contribution in [2.24, 2.45) is 0 Å². The number of pyridine rings is 1. The first-order valence-corrected chi connectivity index (χ1v) is 9.40. The van der Waals surface area contributed by atoms with Crippen LogP contribution in [0.4, 0.5) is 0 Å². The third-order valence-corrected chi connectivity index (χ3v) is 5.46. The molecule has 0 unspecified atom stereocenters. The molecule has 134 valence electrons. The van der Waals surface area contributed by atoms with E-state index in [0.717, 1.165) is 41.8 Å². The van der Waals surface area contributed by atoms with Gasteiger partial charge in [-0.15, -0.1) is 0 Å². The van der Waals surface area contributed by atoms with Gasteiger partial charge in [0.15, 0.2) is 0 Å². The maximum atomic E-state index is 12.7. The Bertz CT molecular complexity index is 1200. The van der Waals surface area contributed by atoms with Crippen molar-refractivity contribution in [1.29, 1.82) is 0 Å². The molecule has 27 heavy (non-hydrogen) atoms. The number of fused-ring (bicyclic) bond motifs is 3. The van der Waals surface area contributed by atoms with Crippen molar-refractivity contribution < 1.29 is 0 Å². The van der Waals surface area contributed by atoms with Crippen LogP contribution in [-0.4, -0.2) is 16.1 Å². The molecule has 0 amide bonds. The van der Waals surface area contributed by atoms with Gasteiger partial charge in [0.1, 0.15) is 0 Å². The summed E-state index contributed by atoms with van der Waals surface area (Å²) in [5, 5.41) is 5.32. The van der Waals surface area contributed by atoms with Crippen molar-refractivity contribution in [1.82, 2.24) is 14.9 Å². The minimum absolute atomic E-state index is 0.0558. The molecule has 2 aromatic heterocycles. The van der Waals surface area contributed by atoms with Crippen LogP contribution in [0, 0.1) is 0 Å². The predicted molar refractivity (Wildman–Crippen MR) is 110 cm³/mol. The van der Waals surface area contributed by atoms with E-state index >= 15 is 0 Å². The van der Waals surface area contributed by atoms with Gasteiger partial charge in [0.25, 0.3) is 5.56 Å². The van der Waals surface area contributed by atoms with Gasteiger partial charge in [-0.1, -0.05) is 29.8 Å². The zero-order valence-electron chi connectivity index (χ0n) is 14.6. The van der Waals surface area contributed by atoms with E-state index in [1.807, 2.05) is 42.6 Å². The first-order chi connectivity index (χ1) is 13.2. The molecule has 4 aromatic rings. The number of nitrogens with one attached hydrogen (secondary N) is 2. The summed E-state index contributed by atoms with van der Waals surface area (Å²) >= 11 is 5.95. The molecule has 0 spiro atoms. The third kappa shape index (κ3) is 2.87. The summed E-state index contributed by atoms with van der Waals surface area (Å²) in [6.07, 6.45) is 2.86. The molecule has 0 saturated heterocycles. The molecule has 2 aromatic carbocycles. The minimum atomic E-state index is -0.0558. The molecule has 0 bridgehead atoms. The van der Waals surface area contributed by atoms with Gasteiger partial charge in [-0.25, -0.2) is 0 Å². The molecule has 4 nitrogen and oxygen atoms in total. The fourth-order valence-corrected chi connectivity index (χ4v) is 3.95. The molecule has 1 aliphatic rings. The maximum Gasteiger partial charge on any atom is 0.255 e. The summed E-state index contributed by atoms with van der Waals surface area (Å²) in [6, 6.07) is 17.3. The van der Waals surface area contributed by atoms with E-state index in [9.17, 15) is 4.79 Å². The zero-order valence-corrected chi connectivity index (χ0v) is 15.4. The first kappa shape index (κ1) is 16.4. The van der Waals surface area contributed by atoms with Crippen LogP contribution in [-0.2, 0) is 13.0 Å². The Kier molecular flexibility index (Phi) is 3.88. The Morgan fingerprint density at radius 2 is 1.81 bits per heavy atom. The molecular weight excluding hydrogens is 358 g/mol. The largest absolute Gasteiger partial charge is 0.357 e. The van der Waals surface area contributed by atoms with Crippen molar-refractivity contribution in [3.63, 3.8) is 0 Å². The number of hydrogen-bond donors (Lipinski definition) is 2. The number of benzene rings is 2. The smallest absolute Gasteiger partial charge is 0.255 e. The number of aromatic nitrogens is 2. The van der Waals surface area contributed by atoms with Crippen LogP contribution >= 0.6 is 11.6 Å². The normalized spacial score (nSPS) is 13.7. The summed E-state index contributed by atoms with van der Waals surface area (Å²) in [6.45, 7) is 1.88. The topological polar surface area (TPSA) is 49.8 Å². The molecular formula is C22H18ClN3O. The van der Waals surface area contributed by atoms with Crippen molar-refractivity contribution in [3.05, 3.63) is 87.4 Å². The number of nitrogens with zero attached hydrogens (tertiary/aromatic N) is 1. The van der Waals surface area contributed by atoms with Crippen molar-refractivity contribution in [2.75, 3.05) is 6.54 Å². The highest BCUT2D eigenvalue weighted by atomic mass is 35.5. The van der Waals surface area contributed by atoms with Crippen LogP contribution in [0.3, 0.4) is 0 Å². The third-order valence-electron chi connectivity index (χ3n) is 5.21. The molecule has 0 aliphatic carbocycles. The summed E-state index contributed by atoms with van der Waals surface area (Å²) < 4.78 is 1.68. The lowest BCUT2D eigenvalue weighted by Gasteiger charge is -2.12. The highest BCUT2D eigenvalue weighted by molar-refractivity contribution is 6.30. The van der Waals surface area contributed by atoms with E-state index in [1.165, 1.54) is 16.6 Å². The summed E-state index contributed by atoms with van der Waals surface area (Å²) in [5.74, 6) is 0. The van der Waals surface area contributed by atoms with Gasteiger partial charge in [-0.2, -0.15) is 0 Å². The van der Waals surface area contributed by atoms with Crippen molar-refractivity contribution in [2.45, 2.75) is 13.0 Å². The number of rotatable bonds is 2. The van der Waals surface area contributed by atoms with E-state index < -0.39 is 0 Å². The summed E-state index contributed by atoms with van der Waals surface area (Å²) in [4.78, 5) is 16.2. The fraction of sp³-hybridized carbons (Fsp3) is 0.136. The van der Waals surface area contributed by atoms with E-state index in [1.54, 1.807) is 10.6 Å². The highest BCUT2D eigenvalue weighted by Gasteiger charge is 2.15. The van der Waals surface area contributed by atoms with E-state index in [0.29, 0.717) is 5.02 Å². The molecule has 0 saturated carbocycles. The number of halogens is 1. The highest BCUT2D eigenvalue weighted by Crippen LogP contribution is 2.27. The Balaban J connectivity index is 1.56. The quantitative estimate of drug-likeness (QED) is 0.549. The molecule has 5 rings (SSSR count). The van der Waals surface area contributed by atoms with Crippen LogP contribution < -0.4 is 10.9 Å². The SMILES string of the molecule is O=c1cc(-c2ccc(Cl)cc2)ccn1-c1ccc2c3c([nH]c2c1)CNCC3. The average Bonchev–Trinajstić information content (AvgIpc) is 3.06. The summed E-state index contributed by atoms with van der Waals surface area (Å²) in [7, 11) is 0. The van der Waals surface area contributed by atoms with Gasteiger partial charge < -0.3 is 10.3 Å².